The minimum Gasteiger partial charge on any atom is -0.480 e. The van der Waals surface area contributed by atoms with E-state index < -0.39 is 23.8 Å². The second kappa shape index (κ2) is 9.33. The monoisotopic (exact) mass is 324 g/mol. The quantitative estimate of drug-likeness (QED) is 0.592. The molecule has 2 amide bonds. The van der Waals surface area contributed by atoms with Crippen LogP contribution in [0.3, 0.4) is 0 Å². The Morgan fingerprint density at radius 3 is 2.26 bits per heavy atom. The molecule has 0 spiro atoms. The number of carboxylic acid groups (broad SMARTS) is 1. The molecule has 23 heavy (non-hydrogen) atoms. The number of nitrogens with one attached hydrogen (secondary N) is 2. The lowest BCUT2D eigenvalue weighted by Gasteiger charge is -2.31. The van der Waals surface area contributed by atoms with Crippen molar-refractivity contribution in [3.05, 3.63) is 12.7 Å². The van der Waals surface area contributed by atoms with Crippen LogP contribution in [0.15, 0.2) is 12.7 Å². The zero-order chi connectivity index (χ0) is 17.4. The second-order valence-electron chi connectivity index (χ2n) is 6.24. The van der Waals surface area contributed by atoms with E-state index in [1.54, 1.807) is 13.0 Å². The molecule has 6 nitrogen and oxygen atoms in total. The van der Waals surface area contributed by atoms with Crippen molar-refractivity contribution in [1.82, 2.24) is 10.6 Å². The van der Waals surface area contributed by atoms with Crippen LogP contribution in [-0.4, -0.2) is 35.5 Å². The third-order valence-electron chi connectivity index (χ3n) is 4.64. The van der Waals surface area contributed by atoms with Crippen LogP contribution in [0.1, 0.15) is 46.0 Å². The maximum atomic E-state index is 12.5. The van der Waals surface area contributed by atoms with Crippen LogP contribution in [0.5, 0.6) is 0 Å². The molecule has 0 aromatic rings. The molecule has 6 heteroatoms. The van der Waals surface area contributed by atoms with Gasteiger partial charge in [-0.1, -0.05) is 39.2 Å². The molecule has 0 heterocycles. The molecular formula is C17H28N2O4. The van der Waals surface area contributed by atoms with E-state index in [-0.39, 0.29) is 17.7 Å². The highest BCUT2D eigenvalue weighted by Crippen LogP contribution is 2.30. The van der Waals surface area contributed by atoms with Crippen molar-refractivity contribution < 1.29 is 19.5 Å². The molecule has 4 atom stereocenters. The fourth-order valence-corrected chi connectivity index (χ4v) is 3.01. The van der Waals surface area contributed by atoms with E-state index in [4.69, 9.17) is 0 Å². The summed E-state index contributed by atoms with van der Waals surface area (Å²) >= 11 is 0. The van der Waals surface area contributed by atoms with Gasteiger partial charge >= 0.3 is 5.97 Å². The first-order chi connectivity index (χ1) is 10.9. The summed E-state index contributed by atoms with van der Waals surface area (Å²) in [6, 6.07) is -0.911. The molecule has 0 saturated heterocycles. The van der Waals surface area contributed by atoms with E-state index in [0.717, 1.165) is 12.8 Å². The number of hydrogen-bond donors (Lipinski definition) is 3. The predicted octanol–water partition coefficient (Wildman–Crippen LogP) is 1.71. The van der Waals surface area contributed by atoms with Gasteiger partial charge in [0.25, 0.3) is 0 Å². The van der Waals surface area contributed by atoms with E-state index in [1.807, 2.05) is 6.92 Å². The molecule has 1 saturated carbocycles. The Kier molecular flexibility index (Phi) is 7.78. The van der Waals surface area contributed by atoms with Gasteiger partial charge in [0.1, 0.15) is 6.04 Å². The highest BCUT2D eigenvalue weighted by Gasteiger charge is 2.37. The van der Waals surface area contributed by atoms with Crippen molar-refractivity contribution in [1.29, 1.82) is 0 Å². The number of carbonyl (C=O) groups is 3. The van der Waals surface area contributed by atoms with Crippen molar-refractivity contribution in [3.8, 4) is 0 Å². The number of aliphatic carboxylic acids is 1. The van der Waals surface area contributed by atoms with Crippen LogP contribution in [-0.2, 0) is 14.4 Å². The summed E-state index contributed by atoms with van der Waals surface area (Å²) in [6.45, 7) is 7.62. The lowest BCUT2D eigenvalue weighted by molar-refractivity contribution is -0.145. The maximum absolute atomic E-state index is 12.5. The zero-order valence-corrected chi connectivity index (χ0v) is 14.0. The third kappa shape index (κ3) is 5.37. The number of carboxylic acids is 1. The molecule has 0 aromatic heterocycles. The van der Waals surface area contributed by atoms with Gasteiger partial charge in [0.15, 0.2) is 0 Å². The van der Waals surface area contributed by atoms with Crippen LogP contribution in [0.2, 0.25) is 0 Å². The SMILES string of the molecule is C=CCNC(=O)C1CCCCC1C(=O)NC(C(=O)O)C(C)CC. The van der Waals surface area contributed by atoms with Crippen molar-refractivity contribution in [2.45, 2.75) is 52.0 Å². The zero-order valence-electron chi connectivity index (χ0n) is 14.0. The number of rotatable bonds is 8. The van der Waals surface area contributed by atoms with Gasteiger partial charge in [-0.3, -0.25) is 9.59 Å². The highest BCUT2D eigenvalue weighted by atomic mass is 16.4. The van der Waals surface area contributed by atoms with E-state index in [2.05, 4.69) is 17.2 Å². The van der Waals surface area contributed by atoms with Gasteiger partial charge in [0.05, 0.1) is 0 Å². The standard InChI is InChI=1S/C17H28N2O4/c1-4-10-18-15(20)12-8-6-7-9-13(12)16(21)19-14(17(22)23)11(3)5-2/h4,11-14H,1,5-10H2,2-3H3,(H,18,20)(H,19,21)(H,22,23). The average Bonchev–Trinajstić information content (AvgIpc) is 2.56. The van der Waals surface area contributed by atoms with E-state index in [9.17, 15) is 19.5 Å². The third-order valence-corrected chi connectivity index (χ3v) is 4.64. The molecule has 0 aromatic carbocycles. The summed E-state index contributed by atoms with van der Waals surface area (Å²) in [5.74, 6) is -2.52. The van der Waals surface area contributed by atoms with Gasteiger partial charge in [-0.15, -0.1) is 6.58 Å². The van der Waals surface area contributed by atoms with Crippen molar-refractivity contribution in [2.75, 3.05) is 6.54 Å². The smallest absolute Gasteiger partial charge is 0.326 e. The Bertz CT molecular complexity index is 450. The highest BCUT2D eigenvalue weighted by molar-refractivity contribution is 5.90. The Morgan fingerprint density at radius 1 is 1.22 bits per heavy atom. The molecule has 1 aliphatic rings. The minimum atomic E-state index is -1.03. The van der Waals surface area contributed by atoms with Crippen LogP contribution >= 0.6 is 0 Å². The molecule has 1 aliphatic carbocycles. The number of amides is 2. The Balaban J connectivity index is 2.78. The molecule has 3 N–H and O–H groups in total. The molecule has 0 aliphatic heterocycles. The Hall–Kier alpha value is -1.85. The van der Waals surface area contributed by atoms with Gasteiger partial charge < -0.3 is 15.7 Å². The summed E-state index contributed by atoms with van der Waals surface area (Å²) in [7, 11) is 0. The largest absolute Gasteiger partial charge is 0.480 e. The first-order valence-corrected chi connectivity index (χ1v) is 8.34. The van der Waals surface area contributed by atoms with Crippen molar-refractivity contribution in [2.24, 2.45) is 17.8 Å². The molecule has 0 bridgehead atoms. The van der Waals surface area contributed by atoms with Crippen LogP contribution < -0.4 is 10.6 Å². The minimum absolute atomic E-state index is 0.153. The first-order valence-electron chi connectivity index (χ1n) is 8.34. The van der Waals surface area contributed by atoms with Crippen LogP contribution in [0, 0.1) is 17.8 Å². The summed E-state index contributed by atoms with van der Waals surface area (Å²) < 4.78 is 0. The second-order valence-corrected chi connectivity index (χ2v) is 6.24. The molecule has 1 fully saturated rings. The Morgan fingerprint density at radius 2 is 1.78 bits per heavy atom. The molecule has 0 radical (unpaired) electrons. The van der Waals surface area contributed by atoms with Crippen molar-refractivity contribution in [3.63, 3.8) is 0 Å². The lowest BCUT2D eigenvalue weighted by atomic mass is 9.78. The van der Waals surface area contributed by atoms with Crippen LogP contribution in [0.25, 0.3) is 0 Å². The molecule has 1 rings (SSSR count). The fraction of sp³-hybridized carbons (Fsp3) is 0.706. The summed E-state index contributed by atoms with van der Waals surface area (Å²) in [5.41, 5.74) is 0. The summed E-state index contributed by atoms with van der Waals surface area (Å²) in [5, 5.41) is 14.7. The van der Waals surface area contributed by atoms with E-state index in [1.165, 1.54) is 0 Å². The topological polar surface area (TPSA) is 95.5 Å². The normalized spacial score (nSPS) is 23.4. The lowest BCUT2D eigenvalue weighted by Crippen LogP contribution is -2.50. The summed E-state index contributed by atoms with van der Waals surface area (Å²) in [6.07, 6.45) is 5.31. The van der Waals surface area contributed by atoms with E-state index >= 15 is 0 Å². The Labute approximate surface area is 137 Å². The van der Waals surface area contributed by atoms with Gasteiger partial charge in [0.2, 0.25) is 11.8 Å². The number of hydrogen-bond acceptors (Lipinski definition) is 3. The van der Waals surface area contributed by atoms with Gasteiger partial charge in [-0.05, 0) is 18.8 Å². The van der Waals surface area contributed by atoms with Gasteiger partial charge in [-0.2, -0.15) is 0 Å². The number of carbonyl (C=O) groups excluding carboxylic acids is 2. The molecular weight excluding hydrogens is 296 g/mol. The van der Waals surface area contributed by atoms with Crippen LogP contribution in [0.4, 0.5) is 0 Å². The fourth-order valence-electron chi connectivity index (χ4n) is 3.01. The van der Waals surface area contributed by atoms with E-state index in [0.29, 0.717) is 25.8 Å². The van der Waals surface area contributed by atoms with Gasteiger partial charge in [-0.25, -0.2) is 4.79 Å². The van der Waals surface area contributed by atoms with Gasteiger partial charge in [0, 0.05) is 18.4 Å². The maximum Gasteiger partial charge on any atom is 0.326 e. The molecule has 130 valence electrons. The first kappa shape index (κ1) is 19.2. The summed E-state index contributed by atoms with van der Waals surface area (Å²) in [4.78, 5) is 36.1. The average molecular weight is 324 g/mol. The van der Waals surface area contributed by atoms with Crippen molar-refractivity contribution >= 4 is 17.8 Å². The predicted molar refractivity (Wildman–Crippen MR) is 87.7 cm³/mol. The molecule has 4 unspecified atom stereocenters.